The van der Waals surface area contributed by atoms with Crippen LogP contribution >= 0.6 is 10.8 Å². The van der Waals surface area contributed by atoms with Crippen LogP contribution in [0, 0.1) is 5.82 Å². The Morgan fingerprint density at radius 2 is 2.00 bits per heavy atom. The number of benzene rings is 1. The summed E-state index contributed by atoms with van der Waals surface area (Å²) in [5.41, 5.74) is -0.246. The standard InChI is InChI=1S/C22H26FN5O6S2.Na.H/c1-27(2)36(33,34)17-12-15(23)8-7-14(17)13-25-22(30)19-20(29)18-16(6-5-9-24-18)21(26-19)28-10-3-4-11-35(28,31)32;;/h5-9,12,29,31-32H,3-4,10-11,13H2,1-2H3,(H,25,30);;/q;+1;-1. The number of pyridine rings is 2. The van der Waals surface area contributed by atoms with Crippen LogP contribution in [0.25, 0.3) is 10.9 Å². The molecule has 4 N–H and O–H groups in total. The SMILES string of the molecule is CN(C)S(=O)(=O)c1cc(F)ccc1CNC(=O)c1nc(N2CCCCS2(O)O)c2cccnc2c1O.[H-].[Na+]. The smallest absolute Gasteiger partial charge is 1.00 e. The topological polar surface area (TPSA) is 156 Å². The molecule has 0 aliphatic carbocycles. The van der Waals surface area contributed by atoms with Crippen LogP contribution in [-0.2, 0) is 16.6 Å². The molecule has 3 aromatic rings. The van der Waals surface area contributed by atoms with Crippen molar-refractivity contribution < 1.29 is 62.8 Å². The summed E-state index contributed by atoms with van der Waals surface area (Å²) in [6.07, 6.45) is 2.71. The van der Waals surface area contributed by atoms with Gasteiger partial charge in [0.05, 0.1) is 10.6 Å². The van der Waals surface area contributed by atoms with Crippen molar-refractivity contribution in [2.75, 3.05) is 30.7 Å². The van der Waals surface area contributed by atoms with Gasteiger partial charge < -0.3 is 11.8 Å². The van der Waals surface area contributed by atoms with Crippen LogP contribution in [0.3, 0.4) is 0 Å². The van der Waals surface area contributed by atoms with Gasteiger partial charge in [0.15, 0.2) is 17.3 Å². The summed E-state index contributed by atoms with van der Waals surface area (Å²) < 4.78 is 62.6. The van der Waals surface area contributed by atoms with Gasteiger partial charge in [-0.1, -0.05) is 6.07 Å². The van der Waals surface area contributed by atoms with Crippen LogP contribution in [0.1, 0.15) is 30.3 Å². The Morgan fingerprint density at radius 1 is 1.27 bits per heavy atom. The largest absolute Gasteiger partial charge is 1.00 e. The molecule has 1 aromatic carbocycles. The maximum absolute atomic E-state index is 13.8. The van der Waals surface area contributed by atoms with Gasteiger partial charge in [-0.25, -0.2) is 22.1 Å². The van der Waals surface area contributed by atoms with Crippen molar-refractivity contribution in [1.29, 1.82) is 0 Å². The van der Waals surface area contributed by atoms with E-state index in [1.54, 1.807) is 12.1 Å². The summed E-state index contributed by atoms with van der Waals surface area (Å²) in [4.78, 5) is 21.2. The Kier molecular flexibility index (Phi) is 9.07. The van der Waals surface area contributed by atoms with Crippen LogP contribution < -0.4 is 39.2 Å². The molecule has 0 atom stereocenters. The number of hydrogen-bond donors (Lipinski definition) is 4. The number of halogens is 1. The van der Waals surface area contributed by atoms with Gasteiger partial charge in [-0.15, -0.1) is 10.8 Å². The number of nitrogens with zero attached hydrogens (tertiary/aromatic N) is 4. The van der Waals surface area contributed by atoms with E-state index in [2.05, 4.69) is 15.3 Å². The molecule has 1 aliphatic rings. The zero-order chi connectivity index (χ0) is 26.3. The van der Waals surface area contributed by atoms with Crippen LogP contribution in [-0.4, -0.2) is 69.2 Å². The third-order valence-corrected chi connectivity index (χ3v) is 9.57. The Balaban J connectivity index is 0.00000253. The molecule has 0 radical (unpaired) electrons. The van der Waals surface area contributed by atoms with Crippen LogP contribution in [0.4, 0.5) is 10.2 Å². The van der Waals surface area contributed by atoms with E-state index < -0.39 is 44.0 Å². The molecule has 11 nitrogen and oxygen atoms in total. The van der Waals surface area contributed by atoms with E-state index in [0.717, 1.165) is 16.4 Å². The zero-order valence-corrected chi connectivity index (χ0v) is 24.2. The third-order valence-electron chi connectivity index (χ3n) is 5.78. The summed E-state index contributed by atoms with van der Waals surface area (Å²) in [7, 11) is -4.59. The van der Waals surface area contributed by atoms with E-state index in [4.69, 9.17) is 0 Å². The number of aromatic nitrogens is 2. The molecule has 15 heteroatoms. The first kappa shape index (κ1) is 29.5. The fraction of sp³-hybridized carbons (Fsp3) is 0.318. The molecular weight excluding hydrogens is 536 g/mol. The van der Waals surface area contributed by atoms with Gasteiger partial charge in [0.2, 0.25) is 10.0 Å². The van der Waals surface area contributed by atoms with Crippen molar-refractivity contribution in [1.82, 2.24) is 19.6 Å². The summed E-state index contributed by atoms with van der Waals surface area (Å²) in [6.45, 7) is -0.0242. The fourth-order valence-electron chi connectivity index (χ4n) is 3.88. The maximum atomic E-state index is 13.8. The first-order valence-electron chi connectivity index (χ1n) is 10.9. The summed E-state index contributed by atoms with van der Waals surface area (Å²) >= 11 is 0. The number of hydrogen-bond acceptors (Lipinski definition) is 9. The first-order valence-corrected chi connectivity index (χ1v) is 14.0. The van der Waals surface area contributed by atoms with E-state index in [1.165, 1.54) is 30.7 Å². The molecule has 0 saturated carbocycles. The number of amides is 1. The fourth-order valence-corrected chi connectivity index (χ4v) is 6.65. The van der Waals surface area contributed by atoms with Crippen molar-refractivity contribution >= 4 is 43.4 Å². The average molecular weight is 564 g/mol. The predicted octanol–water partition coefficient (Wildman–Crippen LogP) is 0.0371. The quantitative estimate of drug-likeness (QED) is 0.304. The summed E-state index contributed by atoms with van der Waals surface area (Å²) in [5, 5.41) is 13.6. The van der Waals surface area contributed by atoms with E-state index >= 15 is 0 Å². The van der Waals surface area contributed by atoms with Gasteiger partial charge in [0.1, 0.15) is 11.3 Å². The minimum absolute atomic E-state index is 0. The molecule has 4 rings (SSSR count). The van der Waals surface area contributed by atoms with Gasteiger partial charge in [0, 0.05) is 38.8 Å². The zero-order valence-electron chi connectivity index (χ0n) is 21.5. The first-order chi connectivity index (χ1) is 16.9. The second-order valence-corrected chi connectivity index (χ2v) is 12.6. The number of anilines is 1. The third kappa shape index (κ3) is 5.86. The summed E-state index contributed by atoms with van der Waals surface area (Å²) in [5.74, 6) is -1.88. The van der Waals surface area contributed by atoms with Crippen LogP contribution in [0.15, 0.2) is 41.4 Å². The van der Waals surface area contributed by atoms with E-state index in [0.29, 0.717) is 18.2 Å². The monoisotopic (exact) mass is 563 g/mol. The number of rotatable bonds is 6. The van der Waals surface area contributed by atoms with Crippen molar-refractivity contribution in [2.24, 2.45) is 0 Å². The normalized spacial score (nSPS) is 16.3. The minimum atomic E-state index is -4.01. The van der Waals surface area contributed by atoms with Crippen LogP contribution in [0.2, 0.25) is 0 Å². The molecule has 1 fully saturated rings. The van der Waals surface area contributed by atoms with Gasteiger partial charge in [0.25, 0.3) is 5.91 Å². The van der Waals surface area contributed by atoms with Gasteiger partial charge in [-0.05, 0) is 42.7 Å². The van der Waals surface area contributed by atoms with E-state index in [1.807, 2.05) is 0 Å². The number of fused-ring (bicyclic) bond motifs is 1. The molecule has 1 saturated heterocycles. The Bertz CT molecular complexity index is 1450. The molecule has 2 aromatic heterocycles. The van der Waals surface area contributed by atoms with Crippen LogP contribution in [0.5, 0.6) is 5.75 Å². The number of aromatic hydroxyl groups is 1. The molecule has 1 amide bonds. The molecule has 0 spiro atoms. The predicted molar refractivity (Wildman–Crippen MR) is 135 cm³/mol. The molecule has 196 valence electrons. The molecule has 37 heavy (non-hydrogen) atoms. The Morgan fingerprint density at radius 3 is 2.68 bits per heavy atom. The summed E-state index contributed by atoms with van der Waals surface area (Å²) in [6, 6.07) is 6.39. The number of sulfonamides is 1. The Hall–Kier alpha value is -2.04. The molecular formula is C22H27FN5NaO6S2. The van der Waals surface area contributed by atoms with Gasteiger partial charge in [-0.2, -0.15) is 0 Å². The number of carbonyl (C=O) groups is 1. The number of nitrogens with one attached hydrogen (secondary N) is 1. The second kappa shape index (κ2) is 11.4. The Labute approximate surface area is 239 Å². The van der Waals surface area contributed by atoms with Crippen molar-refractivity contribution in [3.05, 3.63) is 53.6 Å². The van der Waals surface area contributed by atoms with Gasteiger partial charge >= 0.3 is 29.6 Å². The molecule has 3 heterocycles. The average Bonchev–Trinajstić information content (AvgIpc) is 2.83. The second-order valence-electron chi connectivity index (χ2n) is 8.40. The van der Waals surface area contributed by atoms with Crippen molar-refractivity contribution in [2.45, 2.75) is 24.3 Å². The maximum Gasteiger partial charge on any atom is 1.00 e. The molecule has 0 unspecified atom stereocenters. The number of carbonyl (C=O) groups excluding carboxylic acids is 1. The van der Waals surface area contributed by atoms with Crippen molar-refractivity contribution in [3.63, 3.8) is 0 Å². The van der Waals surface area contributed by atoms with Gasteiger partial charge in [-0.3, -0.25) is 23.2 Å². The van der Waals surface area contributed by atoms with E-state index in [-0.39, 0.29) is 71.6 Å². The van der Waals surface area contributed by atoms with E-state index in [9.17, 15) is 31.8 Å². The molecule has 1 aliphatic heterocycles. The minimum Gasteiger partial charge on any atom is -1.00 e. The van der Waals surface area contributed by atoms with Crippen molar-refractivity contribution in [3.8, 4) is 5.75 Å². The molecule has 0 bridgehead atoms.